The van der Waals surface area contributed by atoms with Gasteiger partial charge in [-0.25, -0.2) is 9.67 Å². The van der Waals surface area contributed by atoms with E-state index in [0.717, 1.165) is 44.7 Å². The fourth-order valence-corrected chi connectivity index (χ4v) is 3.07. The summed E-state index contributed by atoms with van der Waals surface area (Å²) in [6, 6.07) is 0.472. The Morgan fingerprint density at radius 3 is 2.64 bits per heavy atom. The summed E-state index contributed by atoms with van der Waals surface area (Å²) in [5.41, 5.74) is 0. The Balaban J connectivity index is 1.88. The predicted octanol–water partition coefficient (Wildman–Crippen LogP) is 1.99. The molecule has 1 atom stereocenters. The summed E-state index contributed by atoms with van der Waals surface area (Å²) in [5, 5.41) is 7.34. The SMILES string of the molecule is CCCn1ncnc1[C@@H](C)NC(=O)C1CCN(C(C)C)CC1. The third-order valence-electron chi connectivity index (χ3n) is 4.46. The van der Waals surface area contributed by atoms with Gasteiger partial charge in [-0.3, -0.25) is 4.79 Å². The number of nitrogens with zero attached hydrogens (tertiary/aromatic N) is 4. The van der Waals surface area contributed by atoms with Crippen molar-refractivity contribution in [2.75, 3.05) is 13.1 Å². The van der Waals surface area contributed by atoms with E-state index in [-0.39, 0.29) is 17.9 Å². The zero-order valence-corrected chi connectivity index (χ0v) is 14.2. The molecule has 22 heavy (non-hydrogen) atoms. The van der Waals surface area contributed by atoms with Gasteiger partial charge in [0.25, 0.3) is 0 Å². The first kappa shape index (κ1) is 16.9. The van der Waals surface area contributed by atoms with E-state index in [9.17, 15) is 4.79 Å². The number of carbonyl (C=O) groups excluding carboxylic acids is 1. The fourth-order valence-electron chi connectivity index (χ4n) is 3.07. The molecular weight excluding hydrogens is 278 g/mol. The summed E-state index contributed by atoms with van der Waals surface area (Å²) in [5.74, 6) is 1.12. The van der Waals surface area contributed by atoms with Crippen LogP contribution >= 0.6 is 0 Å². The summed E-state index contributed by atoms with van der Waals surface area (Å²) in [6.07, 6.45) is 4.45. The molecule has 6 nitrogen and oxygen atoms in total. The molecule has 0 saturated carbocycles. The summed E-state index contributed by atoms with van der Waals surface area (Å²) >= 11 is 0. The lowest BCUT2D eigenvalue weighted by atomic mass is 9.95. The number of rotatable bonds is 6. The quantitative estimate of drug-likeness (QED) is 0.873. The van der Waals surface area contributed by atoms with Gasteiger partial charge in [-0.15, -0.1) is 0 Å². The zero-order chi connectivity index (χ0) is 16.1. The summed E-state index contributed by atoms with van der Waals surface area (Å²) in [6.45, 7) is 11.4. The van der Waals surface area contributed by atoms with E-state index in [1.807, 2.05) is 11.6 Å². The van der Waals surface area contributed by atoms with Gasteiger partial charge in [0.05, 0.1) is 6.04 Å². The van der Waals surface area contributed by atoms with Crippen LogP contribution in [0, 0.1) is 5.92 Å². The molecule has 0 unspecified atom stereocenters. The molecule has 0 aliphatic carbocycles. The van der Waals surface area contributed by atoms with Crippen LogP contribution in [-0.4, -0.2) is 44.7 Å². The molecule has 0 spiro atoms. The van der Waals surface area contributed by atoms with Crippen molar-refractivity contribution in [2.45, 2.75) is 65.6 Å². The van der Waals surface area contributed by atoms with Crippen molar-refractivity contribution in [3.05, 3.63) is 12.2 Å². The molecular formula is C16H29N5O. The number of carbonyl (C=O) groups is 1. The van der Waals surface area contributed by atoms with Gasteiger partial charge in [0.1, 0.15) is 12.2 Å². The van der Waals surface area contributed by atoms with Crippen molar-refractivity contribution >= 4 is 5.91 Å². The maximum atomic E-state index is 12.5. The van der Waals surface area contributed by atoms with Crippen LogP contribution in [0.15, 0.2) is 6.33 Å². The smallest absolute Gasteiger partial charge is 0.223 e. The average molecular weight is 307 g/mol. The minimum absolute atomic E-state index is 0.0929. The standard InChI is InChI=1S/C16H29N5O/c1-5-8-21-15(17-11-18-21)13(4)19-16(22)14-6-9-20(10-7-14)12(2)3/h11-14H,5-10H2,1-4H3,(H,19,22)/t13-/m1/s1. The van der Waals surface area contributed by atoms with Gasteiger partial charge in [-0.2, -0.15) is 5.10 Å². The highest BCUT2D eigenvalue weighted by Crippen LogP contribution is 2.20. The van der Waals surface area contributed by atoms with Crippen LogP contribution in [0.5, 0.6) is 0 Å². The minimum Gasteiger partial charge on any atom is -0.346 e. The van der Waals surface area contributed by atoms with E-state index in [1.165, 1.54) is 0 Å². The Kier molecular flexibility index (Phi) is 5.94. The van der Waals surface area contributed by atoms with Crippen LogP contribution in [0.2, 0.25) is 0 Å². The number of nitrogens with one attached hydrogen (secondary N) is 1. The molecule has 2 rings (SSSR count). The van der Waals surface area contributed by atoms with Crippen molar-refractivity contribution in [1.29, 1.82) is 0 Å². The number of hydrogen-bond donors (Lipinski definition) is 1. The van der Waals surface area contributed by atoms with Crippen molar-refractivity contribution in [3.8, 4) is 0 Å². The first-order valence-electron chi connectivity index (χ1n) is 8.45. The molecule has 1 saturated heterocycles. The molecule has 2 heterocycles. The Bertz CT molecular complexity index is 477. The Labute approximate surface area is 133 Å². The first-order valence-corrected chi connectivity index (χ1v) is 8.45. The Morgan fingerprint density at radius 1 is 1.36 bits per heavy atom. The number of aryl methyl sites for hydroxylation is 1. The monoisotopic (exact) mass is 307 g/mol. The van der Waals surface area contributed by atoms with Gasteiger partial charge >= 0.3 is 0 Å². The summed E-state index contributed by atoms with van der Waals surface area (Å²) in [4.78, 5) is 19.2. The van der Waals surface area contributed by atoms with Crippen LogP contribution in [0.25, 0.3) is 0 Å². The van der Waals surface area contributed by atoms with Gasteiger partial charge < -0.3 is 10.2 Å². The number of likely N-dealkylation sites (tertiary alicyclic amines) is 1. The van der Waals surface area contributed by atoms with Crippen molar-refractivity contribution in [1.82, 2.24) is 25.0 Å². The van der Waals surface area contributed by atoms with E-state index in [0.29, 0.717) is 6.04 Å². The molecule has 1 amide bonds. The summed E-state index contributed by atoms with van der Waals surface area (Å²) < 4.78 is 1.88. The molecule has 1 aliphatic rings. The largest absolute Gasteiger partial charge is 0.346 e. The van der Waals surface area contributed by atoms with Crippen LogP contribution < -0.4 is 5.32 Å². The average Bonchev–Trinajstić information content (AvgIpc) is 2.96. The number of aromatic nitrogens is 3. The first-order chi connectivity index (χ1) is 10.5. The lowest BCUT2D eigenvalue weighted by Gasteiger charge is -2.34. The fraction of sp³-hybridized carbons (Fsp3) is 0.812. The Morgan fingerprint density at radius 2 is 2.05 bits per heavy atom. The Hall–Kier alpha value is -1.43. The van der Waals surface area contributed by atoms with Gasteiger partial charge in [-0.05, 0) is 53.1 Å². The molecule has 0 bridgehead atoms. The highest BCUT2D eigenvalue weighted by Gasteiger charge is 2.27. The van der Waals surface area contributed by atoms with Crippen LogP contribution in [0.4, 0.5) is 0 Å². The molecule has 1 aliphatic heterocycles. The third-order valence-corrected chi connectivity index (χ3v) is 4.46. The van der Waals surface area contributed by atoms with E-state index in [4.69, 9.17) is 0 Å². The highest BCUT2D eigenvalue weighted by atomic mass is 16.2. The third kappa shape index (κ3) is 4.06. The normalized spacial score (nSPS) is 18.6. The maximum absolute atomic E-state index is 12.5. The lowest BCUT2D eigenvalue weighted by Crippen LogP contribution is -2.43. The van der Waals surface area contributed by atoms with E-state index < -0.39 is 0 Å². The molecule has 1 aromatic rings. The molecule has 1 N–H and O–H groups in total. The van der Waals surface area contributed by atoms with E-state index >= 15 is 0 Å². The van der Waals surface area contributed by atoms with E-state index in [1.54, 1.807) is 6.33 Å². The highest BCUT2D eigenvalue weighted by molar-refractivity contribution is 5.79. The molecule has 124 valence electrons. The molecule has 1 aromatic heterocycles. The second-order valence-electron chi connectivity index (χ2n) is 6.48. The van der Waals surface area contributed by atoms with E-state index in [2.05, 4.69) is 41.1 Å². The predicted molar refractivity (Wildman–Crippen MR) is 86.3 cm³/mol. The topological polar surface area (TPSA) is 63.1 Å². The zero-order valence-electron chi connectivity index (χ0n) is 14.2. The summed E-state index contributed by atoms with van der Waals surface area (Å²) in [7, 11) is 0. The van der Waals surface area contributed by atoms with Crippen molar-refractivity contribution < 1.29 is 4.79 Å². The number of amides is 1. The van der Waals surface area contributed by atoms with Crippen LogP contribution in [0.1, 0.15) is 58.8 Å². The van der Waals surface area contributed by atoms with Crippen molar-refractivity contribution in [2.24, 2.45) is 5.92 Å². The number of piperidine rings is 1. The maximum Gasteiger partial charge on any atom is 0.223 e. The molecule has 1 fully saturated rings. The number of hydrogen-bond acceptors (Lipinski definition) is 4. The lowest BCUT2D eigenvalue weighted by molar-refractivity contribution is -0.127. The second kappa shape index (κ2) is 7.72. The van der Waals surface area contributed by atoms with Crippen LogP contribution in [-0.2, 0) is 11.3 Å². The molecule has 0 radical (unpaired) electrons. The molecule has 0 aromatic carbocycles. The van der Waals surface area contributed by atoms with Gasteiger partial charge in [-0.1, -0.05) is 6.92 Å². The minimum atomic E-state index is -0.0929. The van der Waals surface area contributed by atoms with Crippen molar-refractivity contribution in [3.63, 3.8) is 0 Å². The van der Waals surface area contributed by atoms with Gasteiger partial charge in [0.2, 0.25) is 5.91 Å². The van der Waals surface area contributed by atoms with Crippen LogP contribution in [0.3, 0.4) is 0 Å². The second-order valence-corrected chi connectivity index (χ2v) is 6.48. The molecule has 6 heteroatoms. The van der Waals surface area contributed by atoms with Gasteiger partial charge in [0, 0.05) is 18.5 Å². The van der Waals surface area contributed by atoms with Gasteiger partial charge in [0.15, 0.2) is 0 Å².